The van der Waals surface area contributed by atoms with Gasteiger partial charge in [-0.25, -0.2) is 0 Å². The SMILES string of the molecule is FC(F)(F)c1ccc(Cn2cc(C=C3CSCN3)c3ccccc32)c(C(F)(F)F)c1. The van der Waals surface area contributed by atoms with Gasteiger partial charge in [0.05, 0.1) is 17.0 Å². The van der Waals surface area contributed by atoms with Crippen molar-refractivity contribution >= 4 is 28.7 Å². The summed E-state index contributed by atoms with van der Waals surface area (Å²) in [6.45, 7) is -0.196. The van der Waals surface area contributed by atoms with Crippen LogP contribution in [0.15, 0.2) is 54.4 Å². The van der Waals surface area contributed by atoms with Crippen molar-refractivity contribution in [3.63, 3.8) is 0 Å². The Kier molecular flexibility index (Phi) is 5.25. The Morgan fingerprint density at radius 2 is 1.77 bits per heavy atom. The van der Waals surface area contributed by atoms with Crippen LogP contribution in [0, 0.1) is 0 Å². The van der Waals surface area contributed by atoms with E-state index in [0.29, 0.717) is 11.6 Å². The lowest BCUT2D eigenvalue weighted by Gasteiger charge is -2.16. The molecule has 158 valence electrons. The molecule has 2 aromatic carbocycles. The van der Waals surface area contributed by atoms with Crippen molar-refractivity contribution in [2.75, 3.05) is 11.6 Å². The van der Waals surface area contributed by atoms with Gasteiger partial charge in [-0.3, -0.25) is 0 Å². The molecule has 1 aromatic heterocycles. The first-order chi connectivity index (χ1) is 14.1. The van der Waals surface area contributed by atoms with Crippen molar-refractivity contribution in [2.24, 2.45) is 0 Å². The van der Waals surface area contributed by atoms with E-state index >= 15 is 0 Å². The molecule has 0 bridgehead atoms. The molecule has 0 atom stereocenters. The molecule has 2 nitrogen and oxygen atoms in total. The third-order valence-corrected chi connectivity index (χ3v) is 5.75. The van der Waals surface area contributed by atoms with Crippen LogP contribution < -0.4 is 5.32 Å². The number of alkyl halides is 6. The number of hydrogen-bond acceptors (Lipinski definition) is 2. The van der Waals surface area contributed by atoms with Gasteiger partial charge in [0.1, 0.15) is 0 Å². The highest BCUT2D eigenvalue weighted by Gasteiger charge is 2.38. The van der Waals surface area contributed by atoms with Gasteiger partial charge >= 0.3 is 12.4 Å². The highest BCUT2D eigenvalue weighted by molar-refractivity contribution is 7.99. The molecule has 0 amide bonds. The molecule has 4 rings (SSSR count). The largest absolute Gasteiger partial charge is 0.416 e. The number of nitrogens with one attached hydrogen (secondary N) is 1. The van der Waals surface area contributed by atoms with Gasteiger partial charge in [-0.1, -0.05) is 24.3 Å². The standard InChI is InChI=1S/C21H16F6N2S/c22-20(23,24)15-6-5-13(18(8-15)21(25,26)27)9-29-10-14(7-16-11-30-12-28-16)17-3-1-2-4-19(17)29/h1-8,10,28H,9,11-12H2. The number of fused-ring (bicyclic) bond motifs is 1. The molecule has 0 unspecified atom stereocenters. The molecule has 1 N–H and O–H groups in total. The summed E-state index contributed by atoms with van der Waals surface area (Å²) in [7, 11) is 0. The number of thioether (sulfide) groups is 1. The minimum atomic E-state index is -4.89. The lowest BCUT2D eigenvalue weighted by Crippen LogP contribution is -2.15. The van der Waals surface area contributed by atoms with E-state index in [4.69, 9.17) is 0 Å². The average molecular weight is 442 g/mol. The van der Waals surface area contributed by atoms with Gasteiger partial charge in [-0.2, -0.15) is 26.3 Å². The summed E-state index contributed by atoms with van der Waals surface area (Å²) in [5.41, 5.74) is -0.229. The third-order valence-electron chi connectivity index (χ3n) is 4.89. The second-order valence-corrected chi connectivity index (χ2v) is 7.92. The van der Waals surface area contributed by atoms with Gasteiger partial charge < -0.3 is 9.88 Å². The molecule has 1 aliphatic rings. The van der Waals surface area contributed by atoms with Crippen molar-refractivity contribution in [1.29, 1.82) is 0 Å². The maximum Gasteiger partial charge on any atom is 0.416 e. The lowest BCUT2D eigenvalue weighted by molar-refractivity contribution is -0.143. The summed E-state index contributed by atoms with van der Waals surface area (Å²) in [4.78, 5) is 0. The summed E-state index contributed by atoms with van der Waals surface area (Å²) < 4.78 is 81.0. The Hall–Kier alpha value is -2.55. The lowest BCUT2D eigenvalue weighted by atomic mass is 10.0. The number of benzene rings is 2. The van der Waals surface area contributed by atoms with Crippen LogP contribution in [-0.4, -0.2) is 16.2 Å². The molecule has 2 heterocycles. The predicted octanol–water partition coefficient (Wildman–Crippen LogP) is 6.36. The fraction of sp³-hybridized carbons (Fsp3) is 0.238. The molecule has 0 saturated carbocycles. The summed E-state index contributed by atoms with van der Waals surface area (Å²) >= 11 is 1.72. The van der Waals surface area contributed by atoms with E-state index in [1.54, 1.807) is 34.7 Å². The van der Waals surface area contributed by atoms with Gasteiger partial charge in [0.2, 0.25) is 0 Å². The second kappa shape index (κ2) is 7.61. The molecule has 0 aliphatic carbocycles. The number of rotatable bonds is 3. The fourth-order valence-electron chi connectivity index (χ4n) is 3.50. The van der Waals surface area contributed by atoms with E-state index in [1.807, 2.05) is 18.2 Å². The summed E-state index contributed by atoms with van der Waals surface area (Å²) in [5, 5.41) is 4.10. The van der Waals surface area contributed by atoms with E-state index in [0.717, 1.165) is 34.3 Å². The summed E-state index contributed by atoms with van der Waals surface area (Å²) in [6.07, 6.45) is -6.05. The Bertz CT molecular complexity index is 1100. The highest BCUT2D eigenvalue weighted by atomic mass is 32.2. The Balaban J connectivity index is 1.79. The maximum atomic E-state index is 13.5. The Morgan fingerprint density at radius 3 is 2.43 bits per heavy atom. The minimum absolute atomic E-state index is 0.184. The van der Waals surface area contributed by atoms with Crippen LogP contribution in [0.25, 0.3) is 17.0 Å². The third kappa shape index (κ3) is 4.16. The maximum absolute atomic E-state index is 13.5. The predicted molar refractivity (Wildman–Crippen MR) is 106 cm³/mol. The second-order valence-electron chi connectivity index (χ2n) is 6.94. The van der Waals surface area contributed by atoms with Gasteiger partial charge in [-0.05, 0) is 29.8 Å². The molecule has 9 heteroatoms. The van der Waals surface area contributed by atoms with Crippen LogP contribution in [0.2, 0.25) is 0 Å². The molecule has 30 heavy (non-hydrogen) atoms. The average Bonchev–Trinajstić information content (AvgIpc) is 3.30. The minimum Gasteiger partial charge on any atom is -0.379 e. The zero-order chi connectivity index (χ0) is 21.5. The summed E-state index contributed by atoms with van der Waals surface area (Å²) in [6, 6.07) is 9.06. The summed E-state index contributed by atoms with van der Waals surface area (Å²) in [5.74, 6) is 1.61. The molecular weight excluding hydrogens is 426 g/mol. The highest BCUT2D eigenvalue weighted by Crippen LogP contribution is 2.38. The van der Waals surface area contributed by atoms with E-state index in [1.165, 1.54) is 0 Å². The number of para-hydroxylation sites is 1. The monoisotopic (exact) mass is 442 g/mol. The number of halogens is 6. The number of hydrogen-bond donors (Lipinski definition) is 1. The molecule has 1 fully saturated rings. The Labute approximate surface area is 172 Å². The van der Waals surface area contributed by atoms with Crippen molar-refractivity contribution in [3.05, 3.63) is 76.6 Å². The number of aromatic nitrogens is 1. The van der Waals surface area contributed by atoms with Crippen molar-refractivity contribution in [2.45, 2.75) is 18.9 Å². The van der Waals surface area contributed by atoms with Crippen LogP contribution in [0.1, 0.15) is 22.3 Å². The Morgan fingerprint density at radius 1 is 1.00 bits per heavy atom. The van der Waals surface area contributed by atoms with Crippen molar-refractivity contribution < 1.29 is 26.3 Å². The smallest absolute Gasteiger partial charge is 0.379 e. The van der Waals surface area contributed by atoms with E-state index < -0.39 is 23.5 Å². The number of nitrogens with zero attached hydrogens (tertiary/aromatic N) is 1. The van der Waals surface area contributed by atoms with Gasteiger partial charge in [0.25, 0.3) is 0 Å². The normalized spacial score (nSPS) is 16.4. The first-order valence-electron chi connectivity index (χ1n) is 9.00. The van der Waals surface area contributed by atoms with Crippen LogP contribution in [-0.2, 0) is 18.9 Å². The van der Waals surface area contributed by atoms with Crippen LogP contribution in [0.5, 0.6) is 0 Å². The molecule has 3 aromatic rings. The van der Waals surface area contributed by atoms with Crippen LogP contribution in [0.4, 0.5) is 26.3 Å². The first-order valence-corrected chi connectivity index (χ1v) is 10.2. The molecular formula is C21H16F6N2S. The topological polar surface area (TPSA) is 17.0 Å². The van der Waals surface area contributed by atoms with Gasteiger partial charge in [0.15, 0.2) is 0 Å². The van der Waals surface area contributed by atoms with Crippen molar-refractivity contribution in [3.8, 4) is 0 Å². The van der Waals surface area contributed by atoms with Gasteiger partial charge in [0, 0.05) is 40.7 Å². The van der Waals surface area contributed by atoms with Gasteiger partial charge in [-0.15, -0.1) is 11.8 Å². The fourth-order valence-corrected chi connectivity index (χ4v) is 4.29. The molecule has 1 aliphatic heterocycles. The zero-order valence-electron chi connectivity index (χ0n) is 15.4. The van der Waals surface area contributed by atoms with E-state index in [2.05, 4.69) is 5.32 Å². The van der Waals surface area contributed by atoms with Crippen LogP contribution >= 0.6 is 11.8 Å². The molecule has 0 spiro atoms. The molecule has 0 radical (unpaired) electrons. The van der Waals surface area contributed by atoms with Crippen LogP contribution in [0.3, 0.4) is 0 Å². The zero-order valence-corrected chi connectivity index (χ0v) is 16.3. The first kappa shape index (κ1) is 20.7. The van der Waals surface area contributed by atoms with Crippen molar-refractivity contribution in [1.82, 2.24) is 9.88 Å². The van der Waals surface area contributed by atoms with E-state index in [-0.39, 0.29) is 18.2 Å². The van der Waals surface area contributed by atoms with E-state index in [9.17, 15) is 26.3 Å². The molecule has 1 saturated heterocycles. The quantitative estimate of drug-likeness (QED) is 0.475.